The van der Waals surface area contributed by atoms with Crippen LogP contribution in [0.2, 0.25) is 0 Å². The molecule has 1 rings (SSSR count). The van der Waals surface area contributed by atoms with E-state index in [0.29, 0.717) is 0 Å². The number of rotatable bonds is 3. The third-order valence-corrected chi connectivity index (χ3v) is 1.51. The van der Waals surface area contributed by atoms with Gasteiger partial charge in [-0.1, -0.05) is 6.07 Å². The summed E-state index contributed by atoms with van der Waals surface area (Å²) in [4.78, 5) is 10.1. The Morgan fingerprint density at radius 3 is 2.80 bits per heavy atom. The van der Waals surface area contributed by atoms with Crippen molar-refractivity contribution in [2.24, 2.45) is 0 Å². The second kappa shape index (κ2) is 4.37. The van der Waals surface area contributed by atoms with Crippen molar-refractivity contribution in [2.45, 2.75) is 6.36 Å². The molecular formula is C9H5F2NO3. The molecule has 1 atom stereocenters. The van der Waals surface area contributed by atoms with Gasteiger partial charge in [0.15, 0.2) is 0 Å². The Labute approximate surface area is 83.3 Å². The molecule has 1 N–H and O–H groups in total. The molecule has 0 saturated carbocycles. The number of hydrogen-bond donors (Lipinski definition) is 1. The number of benzene rings is 1. The zero-order chi connectivity index (χ0) is 11.4. The number of aliphatic carboxylic acids is 1. The Bertz CT molecular complexity index is 428. The van der Waals surface area contributed by atoms with Crippen LogP contribution in [0.3, 0.4) is 0 Å². The summed E-state index contributed by atoms with van der Waals surface area (Å²) in [6.07, 6.45) is -2.63. The summed E-state index contributed by atoms with van der Waals surface area (Å²) >= 11 is 0. The first kappa shape index (κ1) is 10.9. The van der Waals surface area contributed by atoms with E-state index in [4.69, 9.17) is 10.4 Å². The van der Waals surface area contributed by atoms with E-state index in [-0.39, 0.29) is 0 Å². The first-order valence-electron chi connectivity index (χ1n) is 3.78. The Morgan fingerprint density at radius 1 is 1.60 bits per heavy atom. The van der Waals surface area contributed by atoms with Crippen molar-refractivity contribution in [3.05, 3.63) is 29.6 Å². The van der Waals surface area contributed by atoms with E-state index in [1.165, 1.54) is 12.1 Å². The fourth-order valence-corrected chi connectivity index (χ4v) is 0.873. The van der Waals surface area contributed by atoms with E-state index < -0.39 is 29.5 Å². The molecule has 0 aromatic heterocycles. The van der Waals surface area contributed by atoms with Gasteiger partial charge >= 0.3 is 12.3 Å². The highest BCUT2D eigenvalue weighted by Gasteiger charge is 2.20. The number of nitrogens with zero attached hydrogens (tertiary/aromatic N) is 1. The van der Waals surface area contributed by atoms with Crippen LogP contribution in [0, 0.1) is 17.1 Å². The second-order valence-corrected chi connectivity index (χ2v) is 2.50. The van der Waals surface area contributed by atoms with Gasteiger partial charge in [-0.25, -0.2) is 9.18 Å². The largest absolute Gasteiger partial charge is 0.476 e. The SMILES string of the molecule is N#Cc1c(F)cccc1OC(F)C(=O)O. The van der Waals surface area contributed by atoms with Crippen LogP contribution in [-0.2, 0) is 4.79 Å². The first-order chi connectivity index (χ1) is 7.06. The molecule has 0 aliphatic carbocycles. The van der Waals surface area contributed by atoms with Crippen molar-refractivity contribution in [1.29, 1.82) is 5.26 Å². The van der Waals surface area contributed by atoms with Crippen molar-refractivity contribution in [1.82, 2.24) is 0 Å². The van der Waals surface area contributed by atoms with Gasteiger partial charge in [0.05, 0.1) is 0 Å². The van der Waals surface area contributed by atoms with Gasteiger partial charge in [0.1, 0.15) is 23.2 Å². The van der Waals surface area contributed by atoms with Crippen LogP contribution < -0.4 is 4.74 Å². The first-order valence-corrected chi connectivity index (χ1v) is 3.78. The smallest absolute Gasteiger partial charge is 0.378 e. The number of alkyl halides is 1. The number of carboxylic acids is 1. The standard InChI is InChI=1S/C9H5F2NO3/c10-6-2-1-3-7(5(6)4-12)15-8(11)9(13)14/h1-3,8H,(H,13,14). The van der Waals surface area contributed by atoms with Gasteiger partial charge < -0.3 is 9.84 Å². The molecule has 1 unspecified atom stereocenters. The van der Waals surface area contributed by atoms with Crippen molar-refractivity contribution in [3.63, 3.8) is 0 Å². The number of nitriles is 1. The number of carboxylic acid groups (broad SMARTS) is 1. The Balaban J connectivity index is 3.01. The minimum Gasteiger partial charge on any atom is -0.476 e. The molecule has 0 amide bonds. The minimum absolute atomic E-state index is 0.438. The Hall–Kier alpha value is -2.16. The molecule has 1 aromatic carbocycles. The van der Waals surface area contributed by atoms with Gasteiger partial charge in [0.25, 0.3) is 0 Å². The fourth-order valence-electron chi connectivity index (χ4n) is 0.873. The summed E-state index contributed by atoms with van der Waals surface area (Å²) in [5, 5.41) is 16.7. The maximum atomic E-state index is 12.9. The van der Waals surface area contributed by atoms with Gasteiger partial charge in [-0.2, -0.15) is 9.65 Å². The van der Waals surface area contributed by atoms with Gasteiger partial charge in [-0.3, -0.25) is 0 Å². The van der Waals surface area contributed by atoms with Gasteiger partial charge in [-0.05, 0) is 12.1 Å². The highest BCUT2D eigenvalue weighted by atomic mass is 19.1. The monoisotopic (exact) mass is 213 g/mol. The highest BCUT2D eigenvalue weighted by Crippen LogP contribution is 2.21. The molecule has 78 valence electrons. The lowest BCUT2D eigenvalue weighted by Crippen LogP contribution is -2.21. The van der Waals surface area contributed by atoms with Crippen molar-refractivity contribution in [3.8, 4) is 11.8 Å². The number of carbonyl (C=O) groups is 1. The molecule has 6 heteroatoms. The lowest BCUT2D eigenvalue weighted by Gasteiger charge is -2.08. The van der Waals surface area contributed by atoms with Crippen molar-refractivity contribution >= 4 is 5.97 Å². The molecule has 0 saturated heterocycles. The van der Waals surface area contributed by atoms with Crippen LogP contribution in [0.5, 0.6) is 5.75 Å². The summed E-state index contributed by atoms with van der Waals surface area (Å²) in [6.45, 7) is 0. The lowest BCUT2D eigenvalue weighted by molar-refractivity contribution is -0.153. The van der Waals surface area contributed by atoms with Crippen LogP contribution in [0.4, 0.5) is 8.78 Å². The minimum atomic E-state index is -2.63. The van der Waals surface area contributed by atoms with E-state index in [0.717, 1.165) is 12.1 Å². The Morgan fingerprint density at radius 2 is 2.27 bits per heavy atom. The van der Waals surface area contributed by atoms with E-state index in [1.54, 1.807) is 0 Å². The molecule has 1 aromatic rings. The molecule has 0 spiro atoms. The molecule has 0 aliphatic heterocycles. The highest BCUT2D eigenvalue weighted by molar-refractivity contribution is 5.71. The van der Waals surface area contributed by atoms with Crippen molar-refractivity contribution in [2.75, 3.05) is 0 Å². The predicted molar refractivity (Wildman–Crippen MR) is 44.3 cm³/mol. The van der Waals surface area contributed by atoms with Gasteiger partial charge in [0.2, 0.25) is 0 Å². The molecule has 4 nitrogen and oxygen atoms in total. The summed E-state index contributed by atoms with van der Waals surface area (Å²) in [7, 11) is 0. The third-order valence-electron chi connectivity index (χ3n) is 1.51. The average Bonchev–Trinajstić information content (AvgIpc) is 2.18. The molecule has 0 heterocycles. The van der Waals surface area contributed by atoms with Crippen LogP contribution in [-0.4, -0.2) is 17.4 Å². The Kier molecular flexibility index (Phi) is 3.18. The fraction of sp³-hybridized carbons (Fsp3) is 0.111. The number of hydrogen-bond acceptors (Lipinski definition) is 3. The number of halogens is 2. The predicted octanol–water partition coefficient (Wildman–Crippen LogP) is 1.46. The molecule has 0 fully saturated rings. The summed E-state index contributed by atoms with van der Waals surface area (Å²) in [5.74, 6) is -3.18. The summed E-state index contributed by atoms with van der Waals surface area (Å²) < 4.78 is 29.8. The van der Waals surface area contributed by atoms with Crippen LogP contribution >= 0.6 is 0 Å². The zero-order valence-electron chi connectivity index (χ0n) is 7.28. The normalized spacial score (nSPS) is 11.5. The average molecular weight is 213 g/mol. The second-order valence-electron chi connectivity index (χ2n) is 2.50. The maximum absolute atomic E-state index is 12.9. The van der Waals surface area contributed by atoms with Gasteiger partial charge in [-0.15, -0.1) is 0 Å². The van der Waals surface area contributed by atoms with E-state index in [9.17, 15) is 13.6 Å². The van der Waals surface area contributed by atoms with E-state index >= 15 is 0 Å². The lowest BCUT2D eigenvalue weighted by atomic mass is 10.2. The van der Waals surface area contributed by atoms with Crippen LogP contribution in [0.25, 0.3) is 0 Å². The van der Waals surface area contributed by atoms with E-state index in [2.05, 4.69) is 4.74 Å². The topological polar surface area (TPSA) is 70.3 Å². The summed E-state index contributed by atoms with van der Waals surface area (Å²) in [6, 6.07) is 4.72. The zero-order valence-corrected chi connectivity index (χ0v) is 7.28. The molecule has 0 radical (unpaired) electrons. The van der Waals surface area contributed by atoms with Crippen LogP contribution in [0.15, 0.2) is 18.2 Å². The molecule has 0 bridgehead atoms. The molecular weight excluding hydrogens is 208 g/mol. The molecule has 0 aliphatic rings. The maximum Gasteiger partial charge on any atom is 0.378 e. The van der Waals surface area contributed by atoms with Gasteiger partial charge in [0, 0.05) is 0 Å². The summed E-state index contributed by atoms with van der Waals surface area (Å²) in [5.41, 5.74) is -0.526. The van der Waals surface area contributed by atoms with Crippen molar-refractivity contribution < 1.29 is 23.4 Å². The number of ether oxygens (including phenoxy) is 1. The third kappa shape index (κ3) is 2.40. The van der Waals surface area contributed by atoms with Crippen LogP contribution in [0.1, 0.15) is 5.56 Å². The molecule has 15 heavy (non-hydrogen) atoms. The van der Waals surface area contributed by atoms with E-state index in [1.807, 2.05) is 0 Å². The quantitative estimate of drug-likeness (QED) is 0.824.